The Hall–Kier alpha value is -2.36. The van der Waals surface area contributed by atoms with Gasteiger partial charge in [-0.3, -0.25) is 0 Å². The molecule has 0 saturated heterocycles. The van der Waals surface area contributed by atoms with E-state index in [0.29, 0.717) is 17.2 Å². The maximum absolute atomic E-state index is 13.1. The van der Waals surface area contributed by atoms with Crippen LogP contribution in [0.1, 0.15) is 0 Å². The van der Waals surface area contributed by atoms with Crippen molar-refractivity contribution in [2.24, 2.45) is 0 Å². The highest BCUT2D eigenvalue weighted by molar-refractivity contribution is 7.59. The van der Waals surface area contributed by atoms with E-state index in [2.05, 4.69) is 0 Å². The van der Waals surface area contributed by atoms with Crippen LogP contribution in [-0.4, -0.2) is 0 Å². The molecule has 3 aromatic rings. The van der Waals surface area contributed by atoms with Crippen LogP contribution in [0.3, 0.4) is 0 Å². The van der Waals surface area contributed by atoms with E-state index in [1.54, 1.807) is 72.8 Å². The highest BCUT2D eigenvalue weighted by Gasteiger charge is 2.33. The van der Waals surface area contributed by atoms with Gasteiger partial charge in [-0.2, -0.15) is 18.1 Å². The Bertz CT molecular complexity index is 674. The minimum atomic E-state index is -3.89. The van der Waals surface area contributed by atoms with Gasteiger partial charge in [0.15, 0.2) is 0 Å². The van der Waals surface area contributed by atoms with Crippen molar-refractivity contribution in [1.29, 1.82) is 0 Å². The predicted molar refractivity (Wildman–Crippen MR) is 99.2 cm³/mol. The Morgan fingerprint density at radius 2 is 0.750 bits per heavy atom. The van der Waals surface area contributed by atoms with E-state index in [0.717, 1.165) is 0 Å². The summed E-state index contributed by atoms with van der Waals surface area (Å²) in [7, 11) is -3.89. The molecule has 0 spiro atoms. The van der Waals surface area contributed by atoms with Crippen molar-refractivity contribution in [3.63, 3.8) is 0 Å². The van der Waals surface area contributed by atoms with Crippen molar-refractivity contribution in [2.45, 2.75) is 0 Å². The van der Waals surface area contributed by atoms with Crippen molar-refractivity contribution < 1.29 is 18.1 Å². The highest BCUT2D eigenvalue weighted by Crippen LogP contribution is 2.49. The minimum absolute atomic E-state index is 0. The van der Waals surface area contributed by atoms with Gasteiger partial charge in [0.05, 0.1) is 0 Å². The lowest BCUT2D eigenvalue weighted by Crippen LogP contribution is -2.07. The number of rotatable bonds is 6. The van der Waals surface area contributed by atoms with Gasteiger partial charge in [-0.1, -0.05) is 54.6 Å². The summed E-state index contributed by atoms with van der Waals surface area (Å²) in [5, 5.41) is 0. The van der Waals surface area contributed by atoms with Crippen molar-refractivity contribution in [3.8, 4) is 17.2 Å². The zero-order valence-corrected chi connectivity index (χ0v) is 14.6. The standard InChI is InChI=1S/C18H15O4P.H2S/c19-23(20-16-10-4-1-5-11-16,21-17-12-6-2-7-13-17)22-18-14-8-3-9-15-18;/h1-15H;1H2. The molecular formula is C18H17O4PS. The second-order valence-electron chi connectivity index (χ2n) is 4.66. The monoisotopic (exact) mass is 360 g/mol. The summed E-state index contributed by atoms with van der Waals surface area (Å²) in [6, 6.07) is 26.4. The predicted octanol–water partition coefficient (Wildman–Crippen LogP) is 5.44. The van der Waals surface area contributed by atoms with Gasteiger partial charge in [0, 0.05) is 0 Å². The van der Waals surface area contributed by atoms with Gasteiger partial charge in [0.1, 0.15) is 17.2 Å². The third kappa shape index (κ3) is 5.08. The van der Waals surface area contributed by atoms with Crippen LogP contribution in [0.15, 0.2) is 91.0 Å². The van der Waals surface area contributed by atoms with E-state index >= 15 is 0 Å². The molecule has 0 saturated carbocycles. The Morgan fingerprint density at radius 1 is 0.500 bits per heavy atom. The zero-order valence-electron chi connectivity index (χ0n) is 12.7. The Labute approximate surface area is 148 Å². The van der Waals surface area contributed by atoms with Gasteiger partial charge in [-0.05, 0) is 36.4 Å². The zero-order chi connectivity index (χ0) is 16.0. The van der Waals surface area contributed by atoms with Crippen LogP contribution < -0.4 is 13.6 Å². The Kier molecular flexibility index (Phi) is 6.36. The van der Waals surface area contributed by atoms with Gasteiger partial charge >= 0.3 is 7.82 Å². The smallest absolute Gasteiger partial charge is 0.386 e. The molecule has 0 atom stereocenters. The third-order valence-electron chi connectivity index (χ3n) is 2.88. The second kappa shape index (κ2) is 8.48. The van der Waals surface area contributed by atoms with Gasteiger partial charge in [-0.15, -0.1) is 0 Å². The molecule has 0 aliphatic carbocycles. The number of para-hydroxylation sites is 3. The van der Waals surface area contributed by atoms with Crippen LogP contribution in [-0.2, 0) is 4.57 Å². The molecule has 24 heavy (non-hydrogen) atoms. The average Bonchev–Trinajstić information content (AvgIpc) is 2.57. The van der Waals surface area contributed by atoms with Crippen molar-refractivity contribution >= 4 is 21.3 Å². The largest absolute Gasteiger partial charge is 0.647 e. The second-order valence-corrected chi connectivity index (χ2v) is 6.10. The molecule has 0 aliphatic rings. The third-order valence-corrected chi connectivity index (χ3v) is 4.18. The lowest BCUT2D eigenvalue weighted by Gasteiger charge is -2.19. The van der Waals surface area contributed by atoms with Crippen LogP contribution in [0.4, 0.5) is 0 Å². The summed E-state index contributed by atoms with van der Waals surface area (Å²) in [5.74, 6) is 1.22. The molecule has 6 heteroatoms. The van der Waals surface area contributed by atoms with Crippen LogP contribution in [0.5, 0.6) is 17.2 Å². The normalized spacial score (nSPS) is 10.3. The SMILES string of the molecule is O=P(Oc1ccccc1)(Oc1ccccc1)Oc1ccccc1.S. The summed E-state index contributed by atoms with van der Waals surface area (Å²) < 4.78 is 29.6. The lowest BCUT2D eigenvalue weighted by atomic mass is 10.3. The molecule has 0 radical (unpaired) electrons. The number of phosphoric acid groups is 1. The van der Waals surface area contributed by atoms with Crippen LogP contribution in [0.25, 0.3) is 0 Å². The minimum Gasteiger partial charge on any atom is -0.386 e. The van der Waals surface area contributed by atoms with E-state index in [1.165, 1.54) is 0 Å². The topological polar surface area (TPSA) is 44.8 Å². The summed E-state index contributed by atoms with van der Waals surface area (Å²) in [6.07, 6.45) is 0. The van der Waals surface area contributed by atoms with Crippen molar-refractivity contribution in [1.82, 2.24) is 0 Å². The first-order chi connectivity index (χ1) is 11.2. The first kappa shape index (κ1) is 18.0. The van der Waals surface area contributed by atoms with Crippen LogP contribution in [0, 0.1) is 0 Å². The fourth-order valence-corrected chi connectivity index (χ4v) is 3.14. The molecule has 0 heterocycles. The molecule has 0 unspecified atom stereocenters. The van der Waals surface area contributed by atoms with Gasteiger partial charge in [-0.25, -0.2) is 0 Å². The molecule has 0 N–H and O–H groups in total. The summed E-state index contributed by atoms with van der Waals surface area (Å²) >= 11 is 0. The maximum atomic E-state index is 13.1. The van der Waals surface area contributed by atoms with E-state index in [1.807, 2.05) is 18.2 Å². The Morgan fingerprint density at radius 3 is 1.00 bits per heavy atom. The number of phosphoric ester groups is 1. The van der Waals surface area contributed by atoms with Crippen molar-refractivity contribution in [2.75, 3.05) is 0 Å². The molecule has 3 aromatic carbocycles. The number of hydrogen-bond acceptors (Lipinski definition) is 4. The number of benzene rings is 3. The van der Waals surface area contributed by atoms with E-state index in [-0.39, 0.29) is 13.5 Å². The lowest BCUT2D eigenvalue weighted by molar-refractivity contribution is 0.298. The summed E-state index contributed by atoms with van der Waals surface area (Å²) in [6.45, 7) is 0. The molecular weight excluding hydrogens is 343 g/mol. The number of hydrogen-bond donors (Lipinski definition) is 0. The Balaban J connectivity index is 0.00000208. The van der Waals surface area contributed by atoms with Crippen LogP contribution >= 0.6 is 21.3 Å². The molecule has 4 nitrogen and oxygen atoms in total. The van der Waals surface area contributed by atoms with Crippen molar-refractivity contribution in [3.05, 3.63) is 91.0 Å². The summed E-state index contributed by atoms with van der Waals surface area (Å²) in [4.78, 5) is 0. The molecule has 0 fully saturated rings. The first-order valence-corrected chi connectivity index (χ1v) is 8.54. The fourth-order valence-electron chi connectivity index (χ4n) is 1.89. The molecule has 0 aliphatic heterocycles. The molecule has 0 amide bonds. The molecule has 0 aromatic heterocycles. The first-order valence-electron chi connectivity index (χ1n) is 7.07. The highest BCUT2D eigenvalue weighted by atomic mass is 32.1. The van der Waals surface area contributed by atoms with E-state index in [9.17, 15) is 4.57 Å². The van der Waals surface area contributed by atoms with Gasteiger partial charge in [0.25, 0.3) is 0 Å². The van der Waals surface area contributed by atoms with E-state index in [4.69, 9.17) is 13.6 Å². The molecule has 0 bridgehead atoms. The van der Waals surface area contributed by atoms with E-state index < -0.39 is 7.82 Å². The van der Waals surface area contributed by atoms with Gasteiger partial charge < -0.3 is 13.6 Å². The fraction of sp³-hybridized carbons (Fsp3) is 0. The van der Waals surface area contributed by atoms with Crippen LogP contribution in [0.2, 0.25) is 0 Å². The molecule has 3 rings (SSSR count). The average molecular weight is 360 g/mol. The van der Waals surface area contributed by atoms with Gasteiger partial charge in [0.2, 0.25) is 0 Å². The summed E-state index contributed by atoms with van der Waals surface area (Å²) in [5.41, 5.74) is 0. The molecule has 124 valence electrons. The maximum Gasteiger partial charge on any atom is 0.647 e. The quantitative estimate of drug-likeness (QED) is 0.549.